The number of aromatic amines is 1. The number of halogens is 1. The summed E-state index contributed by atoms with van der Waals surface area (Å²) in [5.41, 5.74) is 7.11. The van der Waals surface area contributed by atoms with Crippen LogP contribution in [0.25, 0.3) is 11.0 Å². The number of nitrogens with two attached hydrogens (primary N) is 1. The molecule has 1 heterocycles. The van der Waals surface area contributed by atoms with Crippen molar-refractivity contribution in [1.29, 1.82) is 0 Å². The van der Waals surface area contributed by atoms with Gasteiger partial charge in [0.15, 0.2) is 0 Å². The number of H-pyrrole nitrogens is 1. The molecule has 4 N–H and O–H groups in total. The molecule has 0 aliphatic heterocycles. The highest BCUT2D eigenvalue weighted by molar-refractivity contribution is 5.77. The number of anilines is 1. The predicted octanol–water partition coefficient (Wildman–Crippen LogP) is 2.24. The van der Waals surface area contributed by atoms with Crippen LogP contribution in [0.15, 0.2) is 18.2 Å². The van der Waals surface area contributed by atoms with Crippen LogP contribution in [0.3, 0.4) is 0 Å². The molecule has 0 aliphatic carbocycles. The minimum absolute atomic E-state index is 0.199. The molecular weight excluding hydrogens is 219 g/mol. The van der Waals surface area contributed by atoms with Gasteiger partial charge in [-0.15, -0.1) is 0 Å². The quantitative estimate of drug-likeness (QED) is 0.745. The summed E-state index contributed by atoms with van der Waals surface area (Å²) in [5.74, 6) is 0.381. The summed E-state index contributed by atoms with van der Waals surface area (Å²) in [4.78, 5) is 7.38. The number of imidazole rings is 1. The van der Waals surface area contributed by atoms with Crippen molar-refractivity contribution < 1.29 is 4.39 Å². The van der Waals surface area contributed by atoms with Gasteiger partial charge in [-0.3, -0.25) is 0 Å². The fourth-order valence-electron chi connectivity index (χ4n) is 1.84. The first-order valence-electron chi connectivity index (χ1n) is 5.84. The second-order valence-electron chi connectivity index (χ2n) is 4.11. The van der Waals surface area contributed by atoms with Gasteiger partial charge in [-0.05, 0) is 24.6 Å². The lowest BCUT2D eigenvalue weighted by Crippen LogP contribution is -2.29. The van der Waals surface area contributed by atoms with Gasteiger partial charge in [-0.1, -0.05) is 13.3 Å². The highest BCUT2D eigenvalue weighted by atomic mass is 19.1. The Morgan fingerprint density at radius 1 is 1.53 bits per heavy atom. The number of fused-ring (bicyclic) bond motifs is 1. The zero-order chi connectivity index (χ0) is 12.3. The Hall–Kier alpha value is -1.62. The molecule has 92 valence electrons. The van der Waals surface area contributed by atoms with Gasteiger partial charge in [-0.2, -0.15) is 0 Å². The number of rotatable bonds is 5. The highest BCUT2D eigenvalue weighted by Crippen LogP contribution is 2.16. The standard InChI is InChI=1S/C12H17FN4/c1-2-3-9(7-14)15-12-16-10-5-4-8(13)6-11(10)17-12/h4-6,9H,2-3,7,14H2,1H3,(H2,15,16,17). The molecule has 0 spiro atoms. The smallest absolute Gasteiger partial charge is 0.201 e. The van der Waals surface area contributed by atoms with Crippen LogP contribution >= 0.6 is 0 Å². The Morgan fingerprint density at radius 2 is 2.35 bits per heavy atom. The molecule has 1 aromatic heterocycles. The molecule has 2 aromatic rings. The fourth-order valence-corrected chi connectivity index (χ4v) is 1.84. The van der Waals surface area contributed by atoms with Gasteiger partial charge in [0.1, 0.15) is 5.82 Å². The van der Waals surface area contributed by atoms with E-state index < -0.39 is 0 Å². The van der Waals surface area contributed by atoms with E-state index in [0.29, 0.717) is 18.0 Å². The minimum Gasteiger partial charge on any atom is -0.352 e. The number of nitrogens with zero attached hydrogens (tertiary/aromatic N) is 1. The molecule has 1 atom stereocenters. The third-order valence-corrected chi connectivity index (χ3v) is 2.71. The van der Waals surface area contributed by atoms with E-state index in [1.54, 1.807) is 6.07 Å². The van der Waals surface area contributed by atoms with Crippen molar-refractivity contribution in [2.75, 3.05) is 11.9 Å². The zero-order valence-corrected chi connectivity index (χ0v) is 9.83. The summed E-state index contributed by atoms with van der Waals surface area (Å²) in [6.45, 7) is 2.66. The molecule has 2 rings (SSSR count). The molecule has 0 radical (unpaired) electrons. The van der Waals surface area contributed by atoms with E-state index in [1.165, 1.54) is 12.1 Å². The van der Waals surface area contributed by atoms with Crippen molar-refractivity contribution in [3.63, 3.8) is 0 Å². The molecule has 17 heavy (non-hydrogen) atoms. The van der Waals surface area contributed by atoms with Crippen LogP contribution in [0.2, 0.25) is 0 Å². The van der Waals surface area contributed by atoms with Gasteiger partial charge in [0, 0.05) is 12.6 Å². The van der Waals surface area contributed by atoms with Crippen LogP contribution in [-0.2, 0) is 0 Å². The van der Waals surface area contributed by atoms with E-state index in [9.17, 15) is 4.39 Å². The van der Waals surface area contributed by atoms with Crippen molar-refractivity contribution in [3.05, 3.63) is 24.0 Å². The molecular formula is C12H17FN4. The van der Waals surface area contributed by atoms with Gasteiger partial charge < -0.3 is 16.0 Å². The molecule has 0 saturated carbocycles. The molecule has 0 saturated heterocycles. The van der Waals surface area contributed by atoms with Crippen molar-refractivity contribution in [2.45, 2.75) is 25.8 Å². The van der Waals surface area contributed by atoms with E-state index in [4.69, 9.17) is 5.73 Å². The second-order valence-corrected chi connectivity index (χ2v) is 4.11. The van der Waals surface area contributed by atoms with Gasteiger partial charge in [0.05, 0.1) is 11.0 Å². The van der Waals surface area contributed by atoms with Crippen LogP contribution in [0.5, 0.6) is 0 Å². The number of hydrogen-bond acceptors (Lipinski definition) is 3. The molecule has 0 fully saturated rings. The number of aromatic nitrogens is 2. The largest absolute Gasteiger partial charge is 0.352 e. The zero-order valence-electron chi connectivity index (χ0n) is 9.83. The van der Waals surface area contributed by atoms with Crippen LogP contribution in [-0.4, -0.2) is 22.6 Å². The van der Waals surface area contributed by atoms with E-state index in [2.05, 4.69) is 22.2 Å². The third kappa shape index (κ3) is 2.74. The lowest BCUT2D eigenvalue weighted by Gasteiger charge is -2.14. The van der Waals surface area contributed by atoms with Gasteiger partial charge >= 0.3 is 0 Å². The summed E-state index contributed by atoms with van der Waals surface area (Å²) in [6.07, 6.45) is 2.05. The lowest BCUT2D eigenvalue weighted by atomic mass is 10.2. The van der Waals surface area contributed by atoms with Gasteiger partial charge in [-0.25, -0.2) is 9.37 Å². The van der Waals surface area contributed by atoms with Crippen molar-refractivity contribution in [2.24, 2.45) is 5.73 Å². The van der Waals surface area contributed by atoms with Crippen LogP contribution in [0.4, 0.5) is 10.3 Å². The highest BCUT2D eigenvalue weighted by Gasteiger charge is 2.08. The Labute approximate surface area is 99.4 Å². The number of nitrogens with one attached hydrogen (secondary N) is 2. The number of benzene rings is 1. The molecule has 4 nitrogen and oxygen atoms in total. The molecule has 1 unspecified atom stereocenters. The Morgan fingerprint density at radius 3 is 3.06 bits per heavy atom. The van der Waals surface area contributed by atoms with Crippen molar-refractivity contribution >= 4 is 17.0 Å². The summed E-state index contributed by atoms with van der Waals surface area (Å²) in [7, 11) is 0. The van der Waals surface area contributed by atoms with Crippen molar-refractivity contribution in [1.82, 2.24) is 9.97 Å². The Kier molecular flexibility index (Phi) is 3.58. The van der Waals surface area contributed by atoms with Crippen molar-refractivity contribution in [3.8, 4) is 0 Å². The van der Waals surface area contributed by atoms with E-state index in [0.717, 1.165) is 18.4 Å². The normalized spacial score (nSPS) is 12.9. The predicted molar refractivity (Wildman–Crippen MR) is 67.4 cm³/mol. The first kappa shape index (κ1) is 11.9. The summed E-state index contributed by atoms with van der Waals surface area (Å²) >= 11 is 0. The van der Waals surface area contributed by atoms with Crippen LogP contribution < -0.4 is 11.1 Å². The molecule has 0 bridgehead atoms. The van der Waals surface area contributed by atoms with E-state index in [-0.39, 0.29) is 11.9 Å². The summed E-state index contributed by atoms with van der Waals surface area (Å²) in [5, 5.41) is 3.22. The SMILES string of the molecule is CCCC(CN)Nc1nc2ccc(F)cc2[nH]1. The van der Waals surface area contributed by atoms with Crippen LogP contribution in [0.1, 0.15) is 19.8 Å². The summed E-state index contributed by atoms with van der Waals surface area (Å²) < 4.78 is 13.0. The first-order chi connectivity index (χ1) is 8.22. The van der Waals surface area contributed by atoms with Gasteiger partial charge in [0.25, 0.3) is 0 Å². The molecule has 5 heteroatoms. The number of hydrogen-bond donors (Lipinski definition) is 3. The second kappa shape index (κ2) is 5.14. The van der Waals surface area contributed by atoms with Crippen LogP contribution in [0, 0.1) is 5.82 Å². The topological polar surface area (TPSA) is 66.7 Å². The Balaban J connectivity index is 2.18. The average Bonchev–Trinajstić information content (AvgIpc) is 2.69. The monoisotopic (exact) mass is 236 g/mol. The maximum atomic E-state index is 13.0. The maximum absolute atomic E-state index is 13.0. The molecule has 0 amide bonds. The Bertz CT molecular complexity index is 494. The third-order valence-electron chi connectivity index (χ3n) is 2.71. The maximum Gasteiger partial charge on any atom is 0.201 e. The fraction of sp³-hybridized carbons (Fsp3) is 0.417. The van der Waals surface area contributed by atoms with E-state index in [1.807, 2.05) is 0 Å². The van der Waals surface area contributed by atoms with Gasteiger partial charge in [0.2, 0.25) is 5.95 Å². The average molecular weight is 236 g/mol. The molecule has 0 aliphatic rings. The van der Waals surface area contributed by atoms with E-state index >= 15 is 0 Å². The first-order valence-corrected chi connectivity index (χ1v) is 5.84. The minimum atomic E-state index is -0.267. The lowest BCUT2D eigenvalue weighted by molar-refractivity contribution is 0.629. The molecule has 1 aromatic carbocycles. The summed E-state index contributed by atoms with van der Waals surface area (Å²) in [6, 6.07) is 4.69.